The smallest absolute Gasteiger partial charge is 0.113 e. The van der Waals surface area contributed by atoms with Crippen LogP contribution >= 0.6 is 0 Å². The zero-order chi connectivity index (χ0) is 14.6. The van der Waals surface area contributed by atoms with E-state index < -0.39 is 5.67 Å². The molecule has 2 heterocycles. The lowest BCUT2D eigenvalue weighted by atomic mass is 9.81. The largest absolute Gasteiger partial charge is 0.317 e. The monoisotopic (exact) mass is 284 g/mol. The van der Waals surface area contributed by atoms with Gasteiger partial charge >= 0.3 is 0 Å². The molecule has 0 radical (unpaired) electrons. The Bertz CT molecular complexity index is 284. The third-order valence-corrected chi connectivity index (χ3v) is 5.05. The number of nitrogens with one attached hydrogen (secondary N) is 1. The van der Waals surface area contributed by atoms with E-state index in [1.54, 1.807) is 0 Å². The molecule has 118 valence electrons. The minimum absolute atomic E-state index is 0.255. The van der Waals surface area contributed by atoms with Crippen molar-refractivity contribution >= 4 is 0 Å². The summed E-state index contributed by atoms with van der Waals surface area (Å²) in [6, 6.07) is 0. The summed E-state index contributed by atoms with van der Waals surface area (Å²) in [4.78, 5) is 2.50. The van der Waals surface area contributed by atoms with E-state index >= 15 is 0 Å². The Morgan fingerprint density at radius 2 is 1.75 bits per heavy atom. The Kier molecular flexibility index (Phi) is 5.47. The van der Waals surface area contributed by atoms with Gasteiger partial charge in [-0.3, -0.25) is 0 Å². The van der Waals surface area contributed by atoms with E-state index in [1.807, 2.05) is 0 Å². The molecule has 0 atom stereocenters. The number of piperidine rings is 2. The second kappa shape index (κ2) is 6.74. The van der Waals surface area contributed by atoms with Gasteiger partial charge in [0, 0.05) is 19.6 Å². The average molecular weight is 284 g/mol. The van der Waals surface area contributed by atoms with Crippen molar-refractivity contribution in [3.63, 3.8) is 0 Å². The van der Waals surface area contributed by atoms with E-state index in [-0.39, 0.29) is 5.41 Å². The maximum absolute atomic E-state index is 14.8. The highest BCUT2D eigenvalue weighted by molar-refractivity contribution is 4.88. The van der Waals surface area contributed by atoms with Crippen molar-refractivity contribution in [3.8, 4) is 0 Å². The summed E-state index contributed by atoms with van der Waals surface area (Å²) in [6.07, 6.45) is 5.82. The molecular formula is C17H33FN2. The minimum Gasteiger partial charge on any atom is -0.317 e. The van der Waals surface area contributed by atoms with Crippen molar-refractivity contribution < 1.29 is 4.39 Å². The van der Waals surface area contributed by atoms with Crippen LogP contribution in [0.5, 0.6) is 0 Å². The normalized spacial score (nSPS) is 25.8. The molecule has 0 bridgehead atoms. The number of rotatable bonds is 4. The fourth-order valence-corrected chi connectivity index (χ4v) is 3.41. The lowest BCUT2D eigenvalue weighted by Crippen LogP contribution is -2.45. The first kappa shape index (κ1) is 16.2. The molecule has 2 aliphatic heterocycles. The molecule has 2 nitrogen and oxygen atoms in total. The number of alkyl halides is 1. The van der Waals surface area contributed by atoms with Gasteiger partial charge in [-0.15, -0.1) is 0 Å². The highest BCUT2D eigenvalue weighted by atomic mass is 19.1. The molecular weight excluding hydrogens is 251 g/mol. The van der Waals surface area contributed by atoms with Gasteiger partial charge in [0.25, 0.3) is 0 Å². The van der Waals surface area contributed by atoms with Gasteiger partial charge in [-0.1, -0.05) is 20.8 Å². The fourth-order valence-electron chi connectivity index (χ4n) is 3.41. The quantitative estimate of drug-likeness (QED) is 0.848. The van der Waals surface area contributed by atoms with Crippen LogP contribution in [0, 0.1) is 11.3 Å². The summed E-state index contributed by atoms with van der Waals surface area (Å²) in [5, 5.41) is 3.42. The fraction of sp³-hybridized carbons (Fsp3) is 1.00. The van der Waals surface area contributed by atoms with Gasteiger partial charge in [-0.2, -0.15) is 0 Å². The Balaban J connectivity index is 1.70. The molecule has 0 aromatic carbocycles. The molecule has 0 aromatic heterocycles. The zero-order valence-corrected chi connectivity index (χ0v) is 13.7. The summed E-state index contributed by atoms with van der Waals surface area (Å²) in [6.45, 7) is 12.1. The van der Waals surface area contributed by atoms with Crippen molar-refractivity contribution in [2.75, 3.05) is 32.7 Å². The third-order valence-electron chi connectivity index (χ3n) is 5.05. The summed E-state index contributed by atoms with van der Waals surface area (Å²) in [5.41, 5.74) is -0.636. The number of halogens is 1. The second-order valence-electron chi connectivity index (χ2n) is 8.21. The number of likely N-dealkylation sites (tertiary alicyclic amines) is 1. The molecule has 0 aliphatic carbocycles. The molecule has 0 unspecified atom stereocenters. The topological polar surface area (TPSA) is 15.3 Å². The number of hydrogen-bond donors (Lipinski definition) is 1. The lowest BCUT2D eigenvalue weighted by molar-refractivity contribution is 0.0338. The van der Waals surface area contributed by atoms with E-state index in [4.69, 9.17) is 0 Å². The van der Waals surface area contributed by atoms with Crippen molar-refractivity contribution in [2.24, 2.45) is 11.3 Å². The predicted molar refractivity (Wildman–Crippen MR) is 83.8 cm³/mol. The van der Waals surface area contributed by atoms with Crippen molar-refractivity contribution in [2.45, 2.75) is 65.0 Å². The van der Waals surface area contributed by atoms with E-state index in [0.717, 1.165) is 57.8 Å². The van der Waals surface area contributed by atoms with E-state index in [0.29, 0.717) is 0 Å². The van der Waals surface area contributed by atoms with Crippen molar-refractivity contribution in [1.82, 2.24) is 10.2 Å². The van der Waals surface area contributed by atoms with Crippen LogP contribution in [0.25, 0.3) is 0 Å². The van der Waals surface area contributed by atoms with E-state index in [9.17, 15) is 4.39 Å². The third kappa shape index (κ3) is 5.33. The molecule has 2 saturated heterocycles. The summed E-state index contributed by atoms with van der Waals surface area (Å²) in [7, 11) is 0. The predicted octanol–water partition coefficient (Wildman–Crippen LogP) is 3.62. The molecule has 2 aliphatic rings. The van der Waals surface area contributed by atoms with Crippen LogP contribution in [0.1, 0.15) is 59.3 Å². The van der Waals surface area contributed by atoms with Gasteiger partial charge < -0.3 is 10.2 Å². The summed E-state index contributed by atoms with van der Waals surface area (Å²) in [5.74, 6) is 0.831. The van der Waals surface area contributed by atoms with Gasteiger partial charge in [0.1, 0.15) is 5.67 Å². The minimum atomic E-state index is -0.891. The summed E-state index contributed by atoms with van der Waals surface area (Å²) < 4.78 is 14.8. The lowest BCUT2D eigenvalue weighted by Gasteiger charge is -2.39. The van der Waals surface area contributed by atoms with Crippen LogP contribution in [0.15, 0.2) is 0 Å². The highest BCUT2D eigenvalue weighted by Gasteiger charge is 2.35. The van der Waals surface area contributed by atoms with Crippen LogP contribution in [0.4, 0.5) is 4.39 Å². The molecule has 0 aromatic rings. The Morgan fingerprint density at radius 1 is 1.15 bits per heavy atom. The van der Waals surface area contributed by atoms with E-state index in [1.165, 1.54) is 19.4 Å². The number of hydrogen-bond acceptors (Lipinski definition) is 2. The average Bonchev–Trinajstić information content (AvgIpc) is 2.40. The van der Waals surface area contributed by atoms with Gasteiger partial charge in [-0.05, 0) is 62.9 Å². The van der Waals surface area contributed by atoms with Crippen molar-refractivity contribution in [3.05, 3.63) is 0 Å². The van der Waals surface area contributed by atoms with Gasteiger partial charge in [0.2, 0.25) is 0 Å². The molecule has 2 fully saturated rings. The number of nitrogens with zero attached hydrogens (tertiary/aromatic N) is 1. The van der Waals surface area contributed by atoms with Gasteiger partial charge in [0.05, 0.1) is 0 Å². The molecule has 0 spiro atoms. The highest BCUT2D eigenvalue weighted by Crippen LogP contribution is 2.35. The molecule has 20 heavy (non-hydrogen) atoms. The molecule has 0 amide bonds. The first-order valence-electron chi connectivity index (χ1n) is 8.48. The molecule has 0 saturated carbocycles. The SMILES string of the molecule is CC(C)(C)CCC1(F)CCN(CC2CCNCC2)CC1. The maximum atomic E-state index is 14.8. The Labute approximate surface area is 124 Å². The Morgan fingerprint density at radius 3 is 2.30 bits per heavy atom. The second-order valence-corrected chi connectivity index (χ2v) is 8.21. The maximum Gasteiger partial charge on any atom is 0.113 e. The van der Waals surface area contributed by atoms with Crippen LogP contribution in [0.3, 0.4) is 0 Å². The molecule has 3 heteroatoms. The molecule has 2 rings (SSSR count). The van der Waals surface area contributed by atoms with Crippen LogP contribution in [-0.2, 0) is 0 Å². The van der Waals surface area contributed by atoms with E-state index in [2.05, 4.69) is 31.0 Å². The molecule has 1 N–H and O–H groups in total. The van der Waals surface area contributed by atoms with Gasteiger partial charge in [0.15, 0.2) is 0 Å². The summed E-state index contributed by atoms with van der Waals surface area (Å²) >= 11 is 0. The first-order chi connectivity index (χ1) is 9.36. The van der Waals surface area contributed by atoms with Crippen LogP contribution in [0.2, 0.25) is 0 Å². The standard InChI is InChI=1S/C17H33FN2/c1-16(2,3)6-7-17(18)8-12-20(13-9-17)14-15-4-10-19-11-5-15/h15,19H,4-14H2,1-3H3. The van der Waals surface area contributed by atoms with Crippen LogP contribution in [-0.4, -0.2) is 43.3 Å². The Hall–Kier alpha value is -0.150. The first-order valence-corrected chi connectivity index (χ1v) is 8.48. The van der Waals surface area contributed by atoms with Gasteiger partial charge in [-0.25, -0.2) is 4.39 Å². The zero-order valence-electron chi connectivity index (χ0n) is 13.7. The van der Waals surface area contributed by atoms with Crippen molar-refractivity contribution in [1.29, 1.82) is 0 Å². The van der Waals surface area contributed by atoms with Crippen LogP contribution < -0.4 is 5.32 Å².